The number of aromatic nitrogens is 2. The van der Waals surface area contributed by atoms with Gasteiger partial charge < -0.3 is 10.3 Å². The molecule has 0 aliphatic carbocycles. The first kappa shape index (κ1) is 13.0. The Morgan fingerprint density at radius 1 is 1.37 bits per heavy atom. The highest BCUT2D eigenvalue weighted by atomic mass is 16.1. The lowest BCUT2D eigenvalue weighted by molar-refractivity contribution is 0.0950. The summed E-state index contributed by atoms with van der Waals surface area (Å²) in [5.41, 5.74) is 2.18. The number of hydrogen-bond donors (Lipinski definition) is 2. The van der Waals surface area contributed by atoms with E-state index < -0.39 is 0 Å². The number of amides is 1. The molecular weight excluding hydrogens is 242 g/mol. The van der Waals surface area contributed by atoms with Gasteiger partial charge >= 0.3 is 0 Å². The quantitative estimate of drug-likeness (QED) is 0.866. The van der Waals surface area contributed by atoms with Crippen molar-refractivity contribution in [3.05, 3.63) is 63.8 Å². The second kappa shape index (κ2) is 5.95. The van der Waals surface area contributed by atoms with E-state index in [4.69, 9.17) is 0 Å². The van der Waals surface area contributed by atoms with E-state index in [1.807, 2.05) is 19.1 Å². The highest BCUT2D eigenvalue weighted by molar-refractivity contribution is 5.93. The van der Waals surface area contributed by atoms with Gasteiger partial charge in [0.15, 0.2) is 0 Å². The van der Waals surface area contributed by atoms with Crippen LogP contribution in [0.25, 0.3) is 0 Å². The first-order valence-corrected chi connectivity index (χ1v) is 6.10. The summed E-state index contributed by atoms with van der Waals surface area (Å²) in [4.78, 5) is 29.5. The maximum Gasteiger partial charge on any atom is 0.253 e. The van der Waals surface area contributed by atoms with Crippen molar-refractivity contribution in [1.29, 1.82) is 0 Å². The molecule has 98 valence electrons. The predicted octanol–water partition coefficient (Wildman–Crippen LogP) is 1.26. The average Bonchev–Trinajstić information content (AvgIpc) is 2.45. The van der Waals surface area contributed by atoms with Gasteiger partial charge in [0.05, 0.1) is 17.8 Å². The highest BCUT2D eigenvalue weighted by Crippen LogP contribution is 2.06. The average molecular weight is 257 g/mol. The van der Waals surface area contributed by atoms with Crippen LogP contribution in [-0.4, -0.2) is 15.9 Å². The van der Waals surface area contributed by atoms with E-state index in [2.05, 4.69) is 15.3 Å². The van der Waals surface area contributed by atoms with Crippen molar-refractivity contribution in [3.8, 4) is 0 Å². The van der Waals surface area contributed by atoms with Crippen molar-refractivity contribution in [2.45, 2.75) is 19.9 Å². The van der Waals surface area contributed by atoms with Crippen molar-refractivity contribution in [1.82, 2.24) is 15.3 Å². The third kappa shape index (κ3) is 3.28. The molecule has 0 bridgehead atoms. The highest BCUT2D eigenvalue weighted by Gasteiger charge is 2.07. The fourth-order valence-electron chi connectivity index (χ4n) is 1.77. The molecule has 0 aliphatic rings. The number of hydrogen-bond acceptors (Lipinski definition) is 3. The van der Waals surface area contributed by atoms with Crippen LogP contribution in [0.2, 0.25) is 0 Å². The number of nitrogens with one attached hydrogen (secondary N) is 2. The first-order chi connectivity index (χ1) is 9.20. The molecule has 0 spiro atoms. The van der Waals surface area contributed by atoms with Gasteiger partial charge in [-0.3, -0.25) is 14.6 Å². The van der Waals surface area contributed by atoms with Crippen molar-refractivity contribution in [2.75, 3.05) is 0 Å². The number of carbonyl (C=O) groups is 1. The van der Waals surface area contributed by atoms with E-state index in [1.54, 1.807) is 6.20 Å². The monoisotopic (exact) mass is 257 g/mol. The zero-order valence-electron chi connectivity index (χ0n) is 10.6. The lowest BCUT2D eigenvalue weighted by Gasteiger charge is -2.08. The van der Waals surface area contributed by atoms with Gasteiger partial charge in [-0.15, -0.1) is 0 Å². The molecule has 2 aromatic rings. The lowest BCUT2D eigenvalue weighted by Crippen LogP contribution is -2.24. The summed E-state index contributed by atoms with van der Waals surface area (Å²) < 4.78 is 0. The lowest BCUT2D eigenvalue weighted by atomic mass is 10.1. The summed E-state index contributed by atoms with van der Waals surface area (Å²) in [5.74, 6) is -0.232. The Morgan fingerprint density at radius 2 is 2.21 bits per heavy atom. The number of rotatable bonds is 4. The largest absolute Gasteiger partial charge is 0.346 e. The van der Waals surface area contributed by atoms with Crippen molar-refractivity contribution >= 4 is 5.91 Å². The van der Waals surface area contributed by atoms with Crippen LogP contribution in [0.5, 0.6) is 0 Å². The normalized spacial score (nSPS) is 10.2. The van der Waals surface area contributed by atoms with Crippen molar-refractivity contribution in [2.24, 2.45) is 0 Å². The zero-order valence-corrected chi connectivity index (χ0v) is 10.6. The Hall–Kier alpha value is -2.43. The number of nitrogens with zero attached hydrogens (tertiary/aromatic N) is 1. The standard InChI is InChI=1S/C14H15N3O2/c1-2-10-4-3-7-15-12(10)9-17-14(19)11-5-6-13(18)16-8-11/h3-8H,2,9H2,1H3,(H,16,18)(H,17,19). The molecule has 0 saturated heterocycles. The summed E-state index contributed by atoms with van der Waals surface area (Å²) in [5, 5.41) is 2.79. The SMILES string of the molecule is CCc1cccnc1CNC(=O)c1ccc(=O)[nH]c1. The van der Waals surface area contributed by atoms with Crippen LogP contribution < -0.4 is 10.9 Å². The fraction of sp³-hybridized carbons (Fsp3) is 0.214. The van der Waals surface area contributed by atoms with Crippen LogP contribution in [0, 0.1) is 0 Å². The van der Waals surface area contributed by atoms with Crippen LogP contribution in [0.3, 0.4) is 0 Å². The minimum Gasteiger partial charge on any atom is -0.346 e. The molecule has 0 unspecified atom stereocenters. The number of H-pyrrole nitrogens is 1. The molecular formula is C14H15N3O2. The summed E-state index contributed by atoms with van der Waals surface area (Å²) in [6, 6.07) is 6.70. The molecule has 5 nitrogen and oxygen atoms in total. The van der Waals surface area contributed by atoms with E-state index in [0.717, 1.165) is 17.7 Å². The molecule has 0 aliphatic heterocycles. The topological polar surface area (TPSA) is 74.8 Å². The minimum absolute atomic E-state index is 0.227. The minimum atomic E-state index is -0.232. The molecule has 0 aromatic carbocycles. The van der Waals surface area contributed by atoms with Gasteiger partial charge in [-0.1, -0.05) is 13.0 Å². The molecule has 2 rings (SSSR count). The Kier molecular flexibility index (Phi) is 4.07. The van der Waals surface area contributed by atoms with E-state index in [-0.39, 0.29) is 11.5 Å². The number of carbonyl (C=O) groups excluding carboxylic acids is 1. The van der Waals surface area contributed by atoms with Crippen LogP contribution in [0.15, 0.2) is 41.5 Å². The van der Waals surface area contributed by atoms with Gasteiger partial charge in [-0.05, 0) is 24.1 Å². The molecule has 5 heteroatoms. The van der Waals surface area contributed by atoms with Gasteiger partial charge in [0.2, 0.25) is 5.56 Å². The molecule has 2 aromatic heterocycles. The molecule has 19 heavy (non-hydrogen) atoms. The molecule has 2 N–H and O–H groups in total. The maximum absolute atomic E-state index is 11.9. The van der Waals surface area contributed by atoms with E-state index in [1.165, 1.54) is 18.3 Å². The van der Waals surface area contributed by atoms with Crippen LogP contribution in [-0.2, 0) is 13.0 Å². The summed E-state index contributed by atoms with van der Waals surface area (Å²) >= 11 is 0. The van der Waals surface area contributed by atoms with Gasteiger partial charge in [-0.2, -0.15) is 0 Å². The van der Waals surface area contributed by atoms with Crippen LogP contribution in [0.4, 0.5) is 0 Å². The van der Waals surface area contributed by atoms with Crippen LogP contribution in [0.1, 0.15) is 28.5 Å². The predicted molar refractivity (Wildman–Crippen MR) is 71.8 cm³/mol. The van der Waals surface area contributed by atoms with Gasteiger partial charge in [-0.25, -0.2) is 0 Å². The maximum atomic E-state index is 11.9. The Bertz CT molecular complexity index is 614. The number of pyridine rings is 2. The van der Waals surface area contributed by atoms with Crippen molar-refractivity contribution in [3.63, 3.8) is 0 Å². The third-order valence-corrected chi connectivity index (χ3v) is 2.83. The molecule has 0 radical (unpaired) electrons. The van der Waals surface area contributed by atoms with Gasteiger partial charge in [0, 0.05) is 18.5 Å². The number of aryl methyl sites for hydroxylation is 1. The van der Waals surface area contributed by atoms with E-state index in [0.29, 0.717) is 12.1 Å². The van der Waals surface area contributed by atoms with Crippen LogP contribution >= 0.6 is 0 Å². The first-order valence-electron chi connectivity index (χ1n) is 6.10. The second-order valence-corrected chi connectivity index (χ2v) is 4.09. The van der Waals surface area contributed by atoms with Gasteiger partial charge in [0.1, 0.15) is 0 Å². The second-order valence-electron chi connectivity index (χ2n) is 4.09. The Morgan fingerprint density at radius 3 is 2.89 bits per heavy atom. The summed E-state index contributed by atoms with van der Waals surface area (Å²) in [7, 11) is 0. The summed E-state index contributed by atoms with van der Waals surface area (Å²) in [6.07, 6.45) is 3.98. The third-order valence-electron chi connectivity index (χ3n) is 2.83. The van der Waals surface area contributed by atoms with E-state index >= 15 is 0 Å². The summed E-state index contributed by atoms with van der Waals surface area (Å²) in [6.45, 7) is 2.42. The smallest absolute Gasteiger partial charge is 0.253 e. The molecule has 0 saturated carbocycles. The Labute approximate surface area is 110 Å². The molecule has 2 heterocycles. The zero-order chi connectivity index (χ0) is 13.7. The Balaban J connectivity index is 2.04. The molecule has 0 fully saturated rings. The molecule has 0 atom stereocenters. The molecule has 1 amide bonds. The van der Waals surface area contributed by atoms with E-state index in [9.17, 15) is 9.59 Å². The van der Waals surface area contributed by atoms with Gasteiger partial charge in [0.25, 0.3) is 5.91 Å². The fourth-order valence-corrected chi connectivity index (χ4v) is 1.77. The van der Waals surface area contributed by atoms with Crippen molar-refractivity contribution < 1.29 is 4.79 Å². The number of aromatic amines is 1.